The van der Waals surface area contributed by atoms with Crippen molar-refractivity contribution in [3.05, 3.63) is 59.4 Å². The molecular formula is C35H48N6O7S. The molecule has 3 aromatic rings. The van der Waals surface area contributed by atoms with Crippen LogP contribution in [0.4, 0.5) is 22.0 Å². The minimum absolute atomic E-state index is 0.150. The number of hydrogen-bond donors (Lipinski definition) is 2. The first-order valence-corrected chi connectivity index (χ1v) is 18.0. The number of amides is 2. The summed E-state index contributed by atoms with van der Waals surface area (Å²) in [5, 5.41) is 2.89. The van der Waals surface area contributed by atoms with Crippen molar-refractivity contribution in [1.82, 2.24) is 14.9 Å². The van der Waals surface area contributed by atoms with Crippen LogP contribution in [0.15, 0.2) is 42.7 Å². The van der Waals surface area contributed by atoms with Gasteiger partial charge >= 0.3 is 6.09 Å². The minimum Gasteiger partial charge on any atom is -0.492 e. The van der Waals surface area contributed by atoms with Gasteiger partial charge in [0, 0.05) is 37.8 Å². The number of carbonyl (C=O) groups is 2. The Morgan fingerprint density at radius 1 is 0.980 bits per heavy atom. The van der Waals surface area contributed by atoms with Gasteiger partial charge in [-0.05, 0) is 81.3 Å². The van der Waals surface area contributed by atoms with E-state index < -0.39 is 21.5 Å². The van der Waals surface area contributed by atoms with Crippen molar-refractivity contribution in [2.45, 2.75) is 78.4 Å². The van der Waals surface area contributed by atoms with E-state index in [0.29, 0.717) is 41.8 Å². The van der Waals surface area contributed by atoms with Crippen molar-refractivity contribution in [3.63, 3.8) is 0 Å². The number of carbonyl (C=O) groups excluding carboxylic acids is 2. The predicted molar refractivity (Wildman–Crippen MR) is 191 cm³/mol. The fourth-order valence-corrected chi connectivity index (χ4v) is 5.89. The van der Waals surface area contributed by atoms with Crippen LogP contribution in [0, 0.1) is 6.92 Å². The number of anilines is 3. The number of benzene rings is 2. The molecule has 1 aliphatic rings. The second-order valence-electron chi connectivity index (χ2n) is 14.3. The lowest BCUT2D eigenvalue weighted by Crippen LogP contribution is -2.47. The van der Waals surface area contributed by atoms with E-state index >= 15 is 0 Å². The Kier molecular flexibility index (Phi) is 11.0. The van der Waals surface area contributed by atoms with E-state index in [1.165, 1.54) is 13.4 Å². The summed E-state index contributed by atoms with van der Waals surface area (Å²) in [6.07, 6.45) is 3.68. The largest absolute Gasteiger partial charge is 0.492 e. The summed E-state index contributed by atoms with van der Waals surface area (Å²) in [5.41, 5.74) is 1.52. The van der Waals surface area contributed by atoms with E-state index in [2.05, 4.69) is 24.9 Å². The minimum atomic E-state index is -3.63. The van der Waals surface area contributed by atoms with Crippen LogP contribution in [0.1, 0.15) is 75.9 Å². The van der Waals surface area contributed by atoms with E-state index in [0.717, 1.165) is 30.2 Å². The molecule has 1 fully saturated rings. The van der Waals surface area contributed by atoms with Gasteiger partial charge in [-0.1, -0.05) is 26.8 Å². The molecule has 0 radical (unpaired) electrons. The third-order valence-electron chi connectivity index (χ3n) is 8.02. The fourth-order valence-electron chi connectivity index (χ4n) is 5.34. The molecule has 266 valence electrons. The van der Waals surface area contributed by atoms with E-state index in [1.807, 2.05) is 55.5 Å². The molecule has 2 N–H and O–H groups in total. The molecule has 0 atom stereocenters. The van der Waals surface area contributed by atoms with Crippen molar-refractivity contribution >= 4 is 39.2 Å². The SMILES string of the molecule is COc1c(NC(=O)c2ccc(C)c(Oc3cc(N(C)C4CCN(C(=O)OC(C)(C)C)CC4)ncn3)c2)cc(C(C)(C)C)cc1NS(C)(=O)=O. The number of nitrogens with one attached hydrogen (secondary N) is 2. The first-order chi connectivity index (χ1) is 22.7. The highest BCUT2D eigenvalue weighted by atomic mass is 32.2. The Hall–Kier alpha value is -4.59. The Morgan fingerprint density at radius 2 is 1.63 bits per heavy atom. The number of likely N-dealkylation sites (tertiary alicyclic amines) is 1. The number of rotatable bonds is 9. The van der Waals surface area contributed by atoms with Crippen molar-refractivity contribution in [2.24, 2.45) is 0 Å². The van der Waals surface area contributed by atoms with Crippen LogP contribution in [0.25, 0.3) is 0 Å². The molecule has 14 heteroatoms. The molecule has 49 heavy (non-hydrogen) atoms. The summed E-state index contributed by atoms with van der Waals surface area (Å²) < 4.78 is 44.0. The summed E-state index contributed by atoms with van der Waals surface area (Å²) in [7, 11) is -0.263. The number of nitrogens with zero attached hydrogens (tertiary/aromatic N) is 4. The van der Waals surface area contributed by atoms with E-state index in [-0.39, 0.29) is 29.0 Å². The molecule has 2 amide bonds. The van der Waals surface area contributed by atoms with Crippen molar-refractivity contribution < 1.29 is 32.2 Å². The Bertz CT molecular complexity index is 1790. The molecule has 2 aromatic carbocycles. The quantitative estimate of drug-likeness (QED) is 0.259. The van der Waals surface area contributed by atoms with Crippen molar-refractivity contribution in [3.8, 4) is 17.4 Å². The van der Waals surface area contributed by atoms with Crippen LogP contribution < -0.4 is 24.4 Å². The molecule has 0 spiro atoms. The summed E-state index contributed by atoms with van der Waals surface area (Å²) in [5.74, 6) is 1.14. The number of piperidine rings is 1. The normalized spacial score (nSPS) is 14.2. The van der Waals surface area contributed by atoms with E-state index in [9.17, 15) is 18.0 Å². The molecule has 0 aliphatic carbocycles. The van der Waals surface area contributed by atoms with Gasteiger partial charge in [-0.25, -0.2) is 23.2 Å². The second kappa shape index (κ2) is 14.5. The summed E-state index contributed by atoms with van der Waals surface area (Å²) in [4.78, 5) is 38.6. The smallest absolute Gasteiger partial charge is 0.410 e. The summed E-state index contributed by atoms with van der Waals surface area (Å²) >= 11 is 0. The Morgan fingerprint density at radius 3 is 2.22 bits per heavy atom. The van der Waals surface area contributed by atoms with Crippen LogP contribution in [0.2, 0.25) is 0 Å². The lowest BCUT2D eigenvalue weighted by atomic mass is 9.86. The first-order valence-electron chi connectivity index (χ1n) is 16.1. The number of hydrogen-bond acceptors (Lipinski definition) is 10. The van der Waals surface area contributed by atoms with Crippen LogP contribution in [-0.4, -0.2) is 80.4 Å². The first kappa shape index (κ1) is 37.2. The zero-order valence-electron chi connectivity index (χ0n) is 30.0. The third-order valence-corrected chi connectivity index (χ3v) is 8.61. The number of sulfonamides is 1. The second-order valence-corrected chi connectivity index (χ2v) is 16.0. The van der Waals surface area contributed by atoms with Gasteiger partial charge in [0.25, 0.3) is 5.91 Å². The maximum Gasteiger partial charge on any atom is 0.410 e. The molecule has 0 unspecified atom stereocenters. The molecule has 1 saturated heterocycles. The topological polar surface area (TPSA) is 152 Å². The molecule has 13 nitrogen and oxygen atoms in total. The van der Waals surface area contributed by atoms with Crippen molar-refractivity contribution in [2.75, 3.05) is 48.4 Å². The molecule has 0 bridgehead atoms. The number of aryl methyl sites for hydroxylation is 1. The third kappa shape index (κ3) is 9.97. The van der Waals surface area contributed by atoms with Gasteiger partial charge in [-0.15, -0.1) is 0 Å². The maximum atomic E-state index is 13.6. The Balaban J connectivity index is 1.51. The lowest BCUT2D eigenvalue weighted by molar-refractivity contribution is 0.0205. The highest BCUT2D eigenvalue weighted by Gasteiger charge is 2.29. The van der Waals surface area contributed by atoms with Gasteiger partial charge < -0.3 is 29.3 Å². The van der Waals surface area contributed by atoms with Gasteiger partial charge in [0.2, 0.25) is 15.9 Å². The lowest BCUT2D eigenvalue weighted by Gasteiger charge is -2.37. The fraction of sp³-hybridized carbons (Fsp3) is 0.486. The summed E-state index contributed by atoms with van der Waals surface area (Å²) in [6, 6.07) is 10.4. The number of methoxy groups -OCH3 is 1. The Labute approximate surface area is 289 Å². The zero-order chi connectivity index (χ0) is 36.3. The predicted octanol–water partition coefficient (Wildman–Crippen LogP) is 6.34. The number of aromatic nitrogens is 2. The van der Waals surface area contributed by atoms with Crippen LogP contribution >= 0.6 is 0 Å². The molecule has 1 aromatic heterocycles. The molecule has 1 aliphatic heterocycles. The van der Waals surface area contributed by atoms with Gasteiger partial charge in [0.1, 0.15) is 23.5 Å². The van der Waals surface area contributed by atoms with Crippen LogP contribution in [-0.2, 0) is 20.2 Å². The molecule has 0 saturated carbocycles. The maximum absolute atomic E-state index is 13.6. The zero-order valence-corrected chi connectivity index (χ0v) is 30.8. The van der Waals surface area contributed by atoms with Crippen molar-refractivity contribution in [1.29, 1.82) is 0 Å². The highest BCUT2D eigenvalue weighted by Crippen LogP contribution is 2.39. The van der Waals surface area contributed by atoms with Gasteiger partial charge in [0.05, 0.1) is 24.7 Å². The standard InChI is InChI=1S/C35H48N6O7S/c1-22-11-12-23(32(42)38-26-18-24(34(2,3)4)19-27(31(26)46-9)39-49(10,44)45)17-28(22)47-30-20-29(36-21-37-30)40(8)25-13-15-41(16-14-25)33(43)48-35(5,6)7/h11-12,17-21,25,39H,13-16H2,1-10H3,(H,38,42). The van der Waals surface area contributed by atoms with Gasteiger partial charge in [-0.3, -0.25) is 9.52 Å². The average Bonchev–Trinajstić information content (AvgIpc) is 3.00. The molecule has 2 heterocycles. The molecular weight excluding hydrogens is 648 g/mol. The van der Waals surface area contributed by atoms with E-state index in [4.69, 9.17) is 14.2 Å². The van der Waals surface area contributed by atoms with Crippen LogP contribution in [0.3, 0.4) is 0 Å². The monoisotopic (exact) mass is 696 g/mol. The highest BCUT2D eigenvalue weighted by molar-refractivity contribution is 7.92. The summed E-state index contributed by atoms with van der Waals surface area (Å²) in [6.45, 7) is 14.5. The van der Waals surface area contributed by atoms with E-state index in [1.54, 1.807) is 41.3 Å². The van der Waals surface area contributed by atoms with Gasteiger partial charge in [0.15, 0.2) is 5.75 Å². The van der Waals surface area contributed by atoms with Crippen LogP contribution in [0.5, 0.6) is 17.4 Å². The average molecular weight is 697 g/mol. The molecule has 4 rings (SSSR count). The number of ether oxygens (including phenoxy) is 3. The van der Waals surface area contributed by atoms with Gasteiger partial charge in [-0.2, -0.15) is 0 Å².